The summed E-state index contributed by atoms with van der Waals surface area (Å²) in [6, 6.07) is 12.8. The van der Waals surface area contributed by atoms with Gasteiger partial charge in [-0.05, 0) is 36.5 Å². The van der Waals surface area contributed by atoms with Crippen molar-refractivity contribution in [1.82, 2.24) is 5.43 Å². The van der Waals surface area contributed by atoms with Gasteiger partial charge in [0.05, 0.1) is 10.6 Å². The van der Waals surface area contributed by atoms with E-state index in [0.29, 0.717) is 16.9 Å². The van der Waals surface area contributed by atoms with Crippen LogP contribution in [0.2, 0.25) is 0 Å². The van der Waals surface area contributed by atoms with Crippen molar-refractivity contribution in [1.29, 1.82) is 0 Å². The second kappa shape index (κ2) is 6.42. The molecule has 0 bridgehead atoms. The van der Waals surface area contributed by atoms with Crippen LogP contribution in [-0.2, 0) is 0 Å². The van der Waals surface area contributed by atoms with Gasteiger partial charge in [-0.1, -0.05) is 12.1 Å². The van der Waals surface area contributed by atoms with E-state index in [2.05, 4.69) is 21.2 Å². The molecule has 0 fully saturated rings. The van der Waals surface area contributed by atoms with Crippen molar-refractivity contribution < 1.29 is 9.72 Å². The van der Waals surface area contributed by atoms with E-state index >= 15 is 0 Å². The molecule has 0 atom stereocenters. The first-order chi connectivity index (χ1) is 11.5. The first-order valence-electron chi connectivity index (χ1n) is 6.84. The van der Waals surface area contributed by atoms with E-state index in [9.17, 15) is 14.9 Å². The summed E-state index contributed by atoms with van der Waals surface area (Å²) in [5.41, 5.74) is 4.35. The summed E-state index contributed by atoms with van der Waals surface area (Å²) in [5, 5.41) is 20.4. The first kappa shape index (κ1) is 15.6. The highest BCUT2D eigenvalue weighted by molar-refractivity contribution is 7.80. The highest BCUT2D eigenvalue weighted by Crippen LogP contribution is 2.22. The molecule has 0 saturated carbocycles. The van der Waals surface area contributed by atoms with Crippen molar-refractivity contribution >= 4 is 46.0 Å². The Balaban J connectivity index is 1.62. The van der Waals surface area contributed by atoms with Crippen molar-refractivity contribution in [2.45, 2.75) is 0 Å². The fourth-order valence-electron chi connectivity index (χ4n) is 2.11. The summed E-state index contributed by atoms with van der Waals surface area (Å²) in [4.78, 5) is 22.2. The molecule has 2 aromatic carbocycles. The van der Waals surface area contributed by atoms with Gasteiger partial charge in [0, 0.05) is 23.4 Å². The number of non-ortho nitro benzene ring substituents is 1. The number of hydrogen-bond donors (Lipinski definition) is 3. The number of anilines is 2. The fraction of sp³-hybridized carbons (Fsp3) is 0. The van der Waals surface area contributed by atoms with E-state index in [0.717, 1.165) is 0 Å². The number of Topliss-reactive ketones (excluding diaryl/α,β-unsaturated/α-hetero) is 1. The molecule has 120 valence electrons. The molecule has 0 aromatic heterocycles. The van der Waals surface area contributed by atoms with Crippen LogP contribution >= 0.6 is 12.2 Å². The Morgan fingerprint density at radius 2 is 1.88 bits per heavy atom. The van der Waals surface area contributed by atoms with Gasteiger partial charge < -0.3 is 10.6 Å². The van der Waals surface area contributed by atoms with E-state index < -0.39 is 4.92 Å². The number of fused-ring (bicyclic) bond motifs is 1. The number of benzene rings is 2. The number of hydrazone groups is 1. The number of nitrogens with zero attached hydrogens (tertiary/aromatic N) is 2. The van der Waals surface area contributed by atoms with E-state index in [1.165, 1.54) is 24.3 Å². The number of para-hydroxylation sites is 1. The van der Waals surface area contributed by atoms with Crippen LogP contribution < -0.4 is 16.1 Å². The molecule has 2 aromatic rings. The zero-order valence-corrected chi connectivity index (χ0v) is 13.0. The Morgan fingerprint density at radius 1 is 1.17 bits per heavy atom. The van der Waals surface area contributed by atoms with Crippen molar-refractivity contribution in [2.75, 3.05) is 10.6 Å². The number of carbonyl (C=O) groups is 1. The predicted octanol–water partition coefficient (Wildman–Crippen LogP) is 2.50. The molecule has 24 heavy (non-hydrogen) atoms. The molecule has 1 aliphatic rings. The number of amidine groups is 1. The van der Waals surface area contributed by atoms with Crippen LogP contribution in [0.1, 0.15) is 10.4 Å². The van der Waals surface area contributed by atoms with E-state index in [4.69, 9.17) is 12.2 Å². The number of nitrogens with one attached hydrogen (secondary N) is 3. The average molecular weight is 341 g/mol. The monoisotopic (exact) mass is 341 g/mol. The van der Waals surface area contributed by atoms with Gasteiger partial charge in [-0.2, -0.15) is 5.10 Å². The minimum atomic E-state index is -0.485. The van der Waals surface area contributed by atoms with Gasteiger partial charge in [0.25, 0.3) is 5.69 Å². The lowest BCUT2D eigenvalue weighted by atomic mass is 10.1. The van der Waals surface area contributed by atoms with Crippen LogP contribution in [0.15, 0.2) is 53.6 Å². The van der Waals surface area contributed by atoms with Gasteiger partial charge in [0.1, 0.15) is 0 Å². The van der Waals surface area contributed by atoms with Gasteiger partial charge in [-0.3, -0.25) is 20.3 Å². The minimum absolute atomic E-state index is 0.0156. The summed E-state index contributed by atoms with van der Waals surface area (Å²) in [5.74, 6) is -0.0831. The maximum atomic E-state index is 12.1. The molecular formula is C15H11N5O3S. The van der Waals surface area contributed by atoms with Crippen molar-refractivity contribution in [3.8, 4) is 0 Å². The molecule has 3 N–H and O–H groups in total. The Hall–Kier alpha value is -3.33. The summed E-state index contributed by atoms with van der Waals surface area (Å²) in [6.45, 7) is 0. The number of rotatable bonds is 3. The third kappa shape index (κ3) is 3.20. The number of carbonyl (C=O) groups excluding carboxylic acids is 1. The van der Waals surface area contributed by atoms with E-state index in [1.807, 2.05) is 6.07 Å². The van der Waals surface area contributed by atoms with Crippen LogP contribution in [0.3, 0.4) is 0 Å². The maximum Gasteiger partial charge on any atom is 0.269 e. The first-order valence-corrected chi connectivity index (χ1v) is 7.25. The second-order valence-corrected chi connectivity index (χ2v) is 5.24. The molecule has 0 unspecified atom stereocenters. The highest BCUT2D eigenvalue weighted by atomic mass is 32.1. The van der Waals surface area contributed by atoms with Crippen LogP contribution in [0.5, 0.6) is 0 Å². The average Bonchev–Trinajstić information content (AvgIpc) is 2.90. The predicted molar refractivity (Wildman–Crippen MR) is 94.3 cm³/mol. The maximum absolute atomic E-state index is 12.1. The van der Waals surface area contributed by atoms with Gasteiger partial charge in [0.2, 0.25) is 5.78 Å². The zero-order chi connectivity index (χ0) is 17.1. The Morgan fingerprint density at radius 3 is 2.54 bits per heavy atom. The smallest absolute Gasteiger partial charge is 0.269 e. The Labute approximate surface area is 141 Å². The molecule has 0 radical (unpaired) electrons. The van der Waals surface area contributed by atoms with Gasteiger partial charge in [-0.15, -0.1) is 0 Å². The van der Waals surface area contributed by atoms with Crippen LogP contribution in [0, 0.1) is 10.1 Å². The molecule has 9 heteroatoms. The minimum Gasteiger partial charge on any atom is -0.335 e. The number of nitro groups is 1. The number of nitro benzene ring substituents is 1. The highest BCUT2D eigenvalue weighted by Gasteiger charge is 2.25. The van der Waals surface area contributed by atoms with Crippen molar-refractivity contribution in [3.63, 3.8) is 0 Å². The fourth-order valence-corrected chi connectivity index (χ4v) is 2.28. The van der Waals surface area contributed by atoms with Gasteiger partial charge in [-0.25, -0.2) is 0 Å². The summed E-state index contributed by atoms with van der Waals surface area (Å²) < 4.78 is 0. The molecule has 8 nitrogen and oxygen atoms in total. The summed E-state index contributed by atoms with van der Waals surface area (Å²) in [6.07, 6.45) is 0. The lowest BCUT2D eigenvalue weighted by Crippen LogP contribution is -2.27. The molecule has 3 rings (SSSR count). The summed E-state index contributed by atoms with van der Waals surface area (Å²) >= 11 is 5.08. The molecule has 0 saturated heterocycles. The molecular weight excluding hydrogens is 330 g/mol. The molecule has 0 spiro atoms. The van der Waals surface area contributed by atoms with Crippen molar-refractivity contribution in [3.05, 3.63) is 64.2 Å². The molecule has 0 aliphatic carbocycles. The van der Waals surface area contributed by atoms with Crippen LogP contribution in [-0.4, -0.2) is 21.7 Å². The summed E-state index contributed by atoms with van der Waals surface area (Å²) in [7, 11) is 0. The SMILES string of the molecule is O=C1C(=NNC(=S)Nc2ccc([N+](=O)[O-])cc2)Nc2ccccc21. The molecule has 0 amide bonds. The molecule has 1 heterocycles. The topological polar surface area (TPSA) is 109 Å². The quantitative estimate of drug-likeness (QED) is 0.447. The van der Waals surface area contributed by atoms with Crippen molar-refractivity contribution in [2.24, 2.45) is 5.10 Å². The zero-order valence-electron chi connectivity index (χ0n) is 12.1. The number of hydrogen-bond acceptors (Lipinski definition) is 5. The largest absolute Gasteiger partial charge is 0.335 e. The van der Waals surface area contributed by atoms with E-state index in [1.54, 1.807) is 18.2 Å². The standard InChI is InChI=1S/C15H11N5O3S/c21-13-11-3-1-2-4-12(11)17-14(13)18-19-15(24)16-9-5-7-10(8-6-9)20(22)23/h1-8H,(H2,16,19,24)(H,17,18,21). The number of ketones is 1. The lowest BCUT2D eigenvalue weighted by molar-refractivity contribution is -0.384. The van der Waals surface area contributed by atoms with E-state index in [-0.39, 0.29) is 22.4 Å². The van der Waals surface area contributed by atoms with Gasteiger partial charge in [0.15, 0.2) is 10.9 Å². The lowest BCUT2D eigenvalue weighted by Gasteiger charge is -2.07. The number of thiocarbonyl (C=S) groups is 1. The Bertz CT molecular complexity index is 864. The van der Waals surface area contributed by atoms with Crippen LogP contribution in [0.25, 0.3) is 0 Å². The normalized spacial score (nSPS) is 14.0. The third-order valence-electron chi connectivity index (χ3n) is 3.25. The second-order valence-electron chi connectivity index (χ2n) is 4.83. The molecule has 1 aliphatic heterocycles. The van der Waals surface area contributed by atoms with Crippen LogP contribution in [0.4, 0.5) is 17.1 Å². The Kier molecular flexibility index (Phi) is 4.17. The third-order valence-corrected chi connectivity index (χ3v) is 3.44. The van der Waals surface area contributed by atoms with Gasteiger partial charge >= 0.3 is 0 Å².